The van der Waals surface area contributed by atoms with Crippen LogP contribution in [-0.4, -0.2) is 47.4 Å². The largest absolute Gasteiger partial charge is 0.355 e. The van der Waals surface area contributed by atoms with Gasteiger partial charge in [-0.25, -0.2) is 10.9 Å². The molecule has 0 spiro atoms. The van der Waals surface area contributed by atoms with Gasteiger partial charge in [0.25, 0.3) is 0 Å². The Morgan fingerprint density at radius 1 is 1.13 bits per heavy atom. The SMILES string of the molecule is O=C(NCCc1ccc(Cl)cc1)C1CCCN(C(=O)C2CC(c3ccncc3)NN2)C1. The van der Waals surface area contributed by atoms with E-state index in [1.165, 1.54) is 0 Å². The zero-order valence-corrected chi connectivity index (χ0v) is 18.1. The molecular formula is C23H28ClN5O2. The summed E-state index contributed by atoms with van der Waals surface area (Å²) in [4.78, 5) is 31.6. The van der Waals surface area contributed by atoms with Crippen LogP contribution in [-0.2, 0) is 16.0 Å². The fourth-order valence-electron chi connectivity index (χ4n) is 4.27. The first-order valence-corrected chi connectivity index (χ1v) is 11.2. The molecular weight excluding hydrogens is 414 g/mol. The van der Waals surface area contributed by atoms with E-state index in [1.807, 2.05) is 41.3 Å². The fourth-order valence-corrected chi connectivity index (χ4v) is 4.40. The third-order valence-electron chi connectivity index (χ3n) is 6.04. The molecule has 3 unspecified atom stereocenters. The van der Waals surface area contributed by atoms with Crippen molar-refractivity contribution in [2.24, 2.45) is 5.92 Å². The number of carbonyl (C=O) groups is 2. The number of nitrogens with zero attached hydrogens (tertiary/aromatic N) is 2. The highest BCUT2D eigenvalue weighted by atomic mass is 35.5. The molecule has 31 heavy (non-hydrogen) atoms. The molecule has 0 saturated carbocycles. The minimum absolute atomic E-state index is 0.0265. The van der Waals surface area contributed by atoms with E-state index in [2.05, 4.69) is 21.2 Å². The van der Waals surface area contributed by atoms with Crippen molar-refractivity contribution in [3.05, 3.63) is 64.9 Å². The fraction of sp³-hybridized carbons (Fsp3) is 0.435. The molecule has 1 aromatic heterocycles. The van der Waals surface area contributed by atoms with Crippen molar-refractivity contribution in [3.63, 3.8) is 0 Å². The second-order valence-corrected chi connectivity index (χ2v) is 8.64. The van der Waals surface area contributed by atoms with Crippen LogP contribution >= 0.6 is 11.6 Å². The van der Waals surface area contributed by atoms with Gasteiger partial charge in [0.15, 0.2) is 0 Å². The number of hydrogen-bond acceptors (Lipinski definition) is 5. The Hall–Kier alpha value is -2.48. The van der Waals surface area contributed by atoms with E-state index in [4.69, 9.17) is 11.6 Å². The second-order valence-electron chi connectivity index (χ2n) is 8.20. The van der Waals surface area contributed by atoms with E-state index in [1.54, 1.807) is 12.4 Å². The van der Waals surface area contributed by atoms with Crippen LogP contribution < -0.4 is 16.2 Å². The van der Waals surface area contributed by atoms with E-state index in [-0.39, 0.29) is 29.8 Å². The van der Waals surface area contributed by atoms with Gasteiger partial charge in [0.05, 0.1) is 5.92 Å². The van der Waals surface area contributed by atoms with Crippen LogP contribution in [0.1, 0.15) is 36.4 Å². The van der Waals surface area contributed by atoms with Crippen LogP contribution in [0.4, 0.5) is 0 Å². The van der Waals surface area contributed by atoms with Crippen LogP contribution in [0.15, 0.2) is 48.8 Å². The normalized spacial score (nSPS) is 23.5. The van der Waals surface area contributed by atoms with Gasteiger partial charge in [0.1, 0.15) is 6.04 Å². The summed E-state index contributed by atoms with van der Waals surface area (Å²) in [5.41, 5.74) is 8.58. The molecule has 0 aliphatic carbocycles. The molecule has 3 N–H and O–H groups in total. The van der Waals surface area contributed by atoms with E-state index < -0.39 is 0 Å². The maximum atomic E-state index is 13.0. The molecule has 3 heterocycles. The summed E-state index contributed by atoms with van der Waals surface area (Å²) in [6.45, 7) is 1.75. The number of hydrazine groups is 1. The van der Waals surface area contributed by atoms with Gasteiger partial charge in [-0.1, -0.05) is 23.7 Å². The van der Waals surface area contributed by atoms with Gasteiger partial charge >= 0.3 is 0 Å². The van der Waals surface area contributed by atoms with Crippen LogP contribution in [0.25, 0.3) is 0 Å². The molecule has 7 nitrogen and oxygen atoms in total. The van der Waals surface area contributed by atoms with E-state index >= 15 is 0 Å². The van der Waals surface area contributed by atoms with Crippen LogP contribution in [0.5, 0.6) is 0 Å². The lowest BCUT2D eigenvalue weighted by atomic mass is 9.95. The van der Waals surface area contributed by atoms with E-state index in [9.17, 15) is 9.59 Å². The monoisotopic (exact) mass is 441 g/mol. The Morgan fingerprint density at radius 3 is 2.68 bits per heavy atom. The second kappa shape index (κ2) is 10.2. The van der Waals surface area contributed by atoms with Gasteiger partial charge in [-0.15, -0.1) is 0 Å². The molecule has 2 aliphatic rings. The number of pyridine rings is 1. The molecule has 2 saturated heterocycles. The van der Waals surface area contributed by atoms with Crippen LogP contribution in [0.2, 0.25) is 5.02 Å². The quantitative estimate of drug-likeness (QED) is 0.640. The third kappa shape index (κ3) is 5.61. The van der Waals surface area contributed by atoms with Crippen LogP contribution in [0.3, 0.4) is 0 Å². The van der Waals surface area contributed by atoms with Gasteiger partial charge in [0, 0.05) is 43.1 Å². The van der Waals surface area contributed by atoms with Gasteiger partial charge in [-0.05, 0) is 61.1 Å². The summed E-state index contributed by atoms with van der Waals surface area (Å²) < 4.78 is 0. The molecule has 2 aliphatic heterocycles. The smallest absolute Gasteiger partial charge is 0.241 e. The zero-order valence-electron chi connectivity index (χ0n) is 17.4. The lowest BCUT2D eigenvalue weighted by Crippen LogP contribution is -2.51. The molecule has 2 aromatic rings. The van der Waals surface area contributed by atoms with Gasteiger partial charge in [0.2, 0.25) is 11.8 Å². The summed E-state index contributed by atoms with van der Waals surface area (Å²) in [5, 5.41) is 3.74. The van der Waals surface area contributed by atoms with E-state index in [0.717, 1.165) is 30.4 Å². The number of piperidine rings is 1. The van der Waals surface area contributed by atoms with Crippen molar-refractivity contribution in [1.82, 2.24) is 26.1 Å². The summed E-state index contributed by atoms with van der Waals surface area (Å²) in [5.74, 6) is -0.0744. The predicted octanol–water partition coefficient (Wildman–Crippen LogP) is 2.24. The molecule has 2 amide bonds. The van der Waals surface area contributed by atoms with Crippen molar-refractivity contribution < 1.29 is 9.59 Å². The third-order valence-corrected chi connectivity index (χ3v) is 6.29. The van der Waals surface area contributed by atoms with Gasteiger partial charge in [-0.2, -0.15) is 0 Å². The number of carbonyl (C=O) groups excluding carboxylic acids is 2. The average molecular weight is 442 g/mol. The highest BCUT2D eigenvalue weighted by molar-refractivity contribution is 6.30. The number of aromatic nitrogens is 1. The number of benzene rings is 1. The number of nitrogens with one attached hydrogen (secondary N) is 3. The molecule has 164 valence electrons. The Bertz CT molecular complexity index is 893. The zero-order chi connectivity index (χ0) is 21.6. The van der Waals surface area contributed by atoms with Crippen molar-refractivity contribution in [3.8, 4) is 0 Å². The maximum absolute atomic E-state index is 13.0. The number of likely N-dealkylation sites (tertiary alicyclic amines) is 1. The molecule has 0 radical (unpaired) electrons. The lowest BCUT2D eigenvalue weighted by Gasteiger charge is -2.33. The number of hydrogen-bond donors (Lipinski definition) is 3. The summed E-state index contributed by atoms with van der Waals surface area (Å²) in [6, 6.07) is 11.4. The first-order valence-electron chi connectivity index (χ1n) is 10.8. The standard InChI is InChI=1S/C23H28ClN5O2/c24-19-5-3-16(4-6-19)7-12-26-22(30)18-2-1-13-29(15-18)23(31)21-14-20(27-28-21)17-8-10-25-11-9-17/h3-6,8-11,18,20-21,27-28H,1-2,7,12-15H2,(H,26,30). The number of amides is 2. The Kier molecular flexibility index (Phi) is 7.17. The van der Waals surface area contributed by atoms with Crippen molar-refractivity contribution in [2.45, 2.75) is 37.8 Å². The summed E-state index contributed by atoms with van der Waals surface area (Å²) >= 11 is 5.91. The maximum Gasteiger partial charge on any atom is 0.241 e. The van der Waals surface area contributed by atoms with Gasteiger partial charge < -0.3 is 10.2 Å². The molecule has 2 fully saturated rings. The predicted molar refractivity (Wildman–Crippen MR) is 119 cm³/mol. The number of rotatable bonds is 6. The lowest BCUT2D eigenvalue weighted by molar-refractivity contribution is -0.137. The van der Waals surface area contributed by atoms with Crippen molar-refractivity contribution in [1.29, 1.82) is 0 Å². The minimum atomic E-state index is -0.287. The molecule has 1 aromatic carbocycles. The number of halogens is 1. The first kappa shape index (κ1) is 21.7. The Labute approximate surface area is 187 Å². The van der Waals surface area contributed by atoms with E-state index in [0.29, 0.717) is 31.1 Å². The van der Waals surface area contributed by atoms with Crippen LogP contribution in [0, 0.1) is 5.92 Å². The average Bonchev–Trinajstić information content (AvgIpc) is 3.31. The Morgan fingerprint density at radius 2 is 1.90 bits per heavy atom. The first-order chi connectivity index (χ1) is 15.1. The molecule has 4 rings (SSSR count). The van der Waals surface area contributed by atoms with Crippen molar-refractivity contribution in [2.75, 3.05) is 19.6 Å². The highest BCUT2D eigenvalue weighted by Crippen LogP contribution is 2.24. The summed E-state index contributed by atoms with van der Waals surface area (Å²) in [7, 11) is 0. The van der Waals surface area contributed by atoms with Crippen molar-refractivity contribution >= 4 is 23.4 Å². The topological polar surface area (TPSA) is 86.4 Å². The molecule has 3 atom stereocenters. The molecule has 0 bridgehead atoms. The van der Waals surface area contributed by atoms with Gasteiger partial charge in [-0.3, -0.25) is 14.6 Å². The summed E-state index contributed by atoms with van der Waals surface area (Å²) in [6.07, 6.45) is 6.60. The Balaban J connectivity index is 1.25. The minimum Gasteiger partial charge on any atom is -0.355 e. The molecule has 8 heteroatoms. The highest BCUT2D eigenvalue weighted by Gasteiger charge is 2.36.